The average molecular weight is 534 g/mol. The van der Waals surface area contributed by atoms with Crippen molar-refractivity contribution < 1.29 is 19.0 Å². The second-order valence-corrected chi connectivity index (χ2v) is 10.2. The van der Waals surface area contributed by atoms with Gasteiger partial charge in [-0.05, 0) is 67.7 Å². The summed E-state index contributed by atoms with van der Waals surface area (Å²) < 4.78 is 18.2. The van der Waals surface area contributed by atoms with Crippen LogP contribution in [-0.2, 0) is 4.79 Å². The predicted molar refractivity (Wildman–Crippen MR) is 149 cm³/mol. The van der Waals surface area contributed by atoms with Crippen molar-refractivity contribution in [1.82, 2.24) is 4.90 Å². The van der Waals surface area contributed by atoms with E-state index in [9.17, 15) is 4.79 Å². The van der Waals surface area contributed by atoms with Gasteiger partial charge in [-0.25, -0.2) is 0 Å². The Morgan fingerprint density at radius 3 is 2.43 bits per heavy atom. The molecular weight excluding hydrogens is 502 g/mol. The Morgan fingerprint density at radius 2 is 1.80 bits per heavy atom. The number of hydrogen-bond donors (Lipinski definition) is 0. The minimum atomic E-state index is -0.0913. The lowest BCUT2D eigenvalue weighted by molar-refractivity contribution is -0.121. The number of rotatable bonds is 12. The summed E-state index contributed by atoms with van der Waals surface area (Å²) in [6, 6.07) is 11.9. The van der Waals surface area contributed by atoms with E-state index in [1.807, 2.05) is 32.0 Å². The summed E-state index contributed by atoms with van der Waals surface area (Å²) >= 11 is 13.1. The van der Waals surface area contributed by atoms with Crippen LogP contribution in [0.1, 0.15) is 57.6 Å². The van der Waals surface area contributed by atoms with Crippen LogP contribution in [0.15, 0.2) is 41.3 Å². The minimum Gasteiger partial charge on any atom is -0.493 e. The molecule has 35 heavy (non-hydrogen) atoms. The maximum atomic E-state index is 12.5. The molecule has 1 amide bonds. The SMILES string of the molecule is CCOc1cc(/C=C2/SC(=S)N(CC)C2=O)cc(Cl)c1OCCCOc1ccc([C@@H](C)CC)cc1. The number of benzene rings is 2. The number of likely N-dealkylation sites (N-methyl/N-ethyl adjacent to an activating group) is 1. The highest BCUT2D eigenvalue weighted by atomic mass is 35.5. The summed E-state index contributed by atoms with van der Waals surface area (Å²) in [6.45, 7) is 10.2. The van der Waals surface area contributed by atoms with Crippen LogP contribution in [0.25, 0.3) is 6.08 Å². The van der Waals surface area contributed by atoms with Crippen molar-refractivity contribution in [1.29, 1.82) is 0 Å². The zero-order valence-electron chi connectivity index (χ0n) is 20.6. The van der Waals surface area contributed by atoms with Gasteiger partial charge in [0.15, 0.2) is 11.5 Å². The number of thiocarbonyl (C=S) groups is 1. The van der Waals surface area contributed by atoms with Gasteiger partial charge in [0.1, 0.15) is 10.1 Å². The van der Waals surface area contributed by atoms with Crippen LogP contribution in [0, 0.1) is 0 Å². The second kappa shape index (κ2) is 13.2. The topological polar surface area (TPSA) is 48.0 Å². The first kappa shape index (κ1) is 27.4. The Kier molecular flexibility index (Phi) is 10.3. The molecule has 0 radical (unpaired) electrons. The molecule has 0 unspecified atom stereocenters. The number of hydrogen-bond acceptors (Lipinski definition) is 6. The van der Waals surface area contributed by atoms with Crippen LogP contribution in [0.3, 0.4) is 0 Å². The van der Waals surface area contributed by atoms with Crippen LogP contribution in [0.4, 0.5) is 0 Å². The van der Waals surface area contributed by atoms with E-state index in [1.165, 1.54) is 17.3 Å². The molecule has 1 aliphatic rings. The Labute approximate surface area is 222 Å². The highest BCUT2D eigenvalue weighted by molar-refractivity contribution is 8.26. The lowest BCUT2D eigenvalue weighted by Gasteiger charge is -2.15. The standard InChI is InChI=1S/C27H32ClNO4S2/c1-5-18(4)20-9-11-21(12-10-20)32-13-8-14-33-25-22(28)15-19(16-23(25)31-7-3)17-24-26(30)29(6-2)27(34)35-24/h9-12,15-18H,5-8,13-14H2,1-4H3/b24-17+/t18-/m0/s1. The molecule has 5 nitrogen and oxygen atoms in total. The van der Waals surface area contributed by atoms with E-state index in [4.69, 9.17) is 38.0 Å². The Bertz CT molecular complexity index is 1070. The Morgan fingerprint density at radius 1 is 1.09 bits per heavy atom. The third kappa shape index (κ3) is 7.15. The number of carbonyl (C=O) groups excluding carboxylic acids is 1. The fourth-order valence-corrected chi connectivity index (χ4v) is 5.21. The van der Waals surface area contributed by atoms with E-state index >= 15 is 0 Å². The number of thioether (sulfide) groups is 1. The predicted octanol–water partition coefficient (Wildman–Crippen LogP) is 7.32. The van der Waals surface area contributed by atoms with Gasteiger partial charge in [-0.3, -0.25) is 9.69 Å². The number of ether oxygens (including phenoxy) is 3. The van der Waals surface area contributed by atoms with Crippen molar-refractivity contribution >= 4 is 51.9 Å². The number of nitrogens with zero attached hydrogens (tertiary/aromatic N) is 1. The third-order valence-corrected chi connectivity index (χ3v) is 7.34. The van der Waals surface area contributed by atoms with Gasteiger partial charge in [-0.1, -0.05) is 61.6 Å². The molecular formula is C27H32ClNO4S2. The zero-order chi connectivity index (χ0) is 25.4. The summed E-state index contributed by atoms with van der Waals surface area (Å²) in [5, 5.41) is 0.426. The monoisotopic (exact) mass is 533 g/mol. The van der Waals surface area contributed by atoms with E-state index in [1.54, 1.807) is 17.0 Å². The molecule has 1 aliphatic heterocycles. The van der Waals surface area contributed by atoms with Gasteiger partial charge in [0, 0.05) is 13.0 Å². The number of amides is 1. The van der Waals surface area contributed by atoms with Crippen molar-refractivity contribution in [3.05, 3.63) is 57.5 Å². The molecule has 0 saturated carbocycles. The highest BCUT2D eigenvalue weighted by Crippen LogP contribution is 2.39. The van der Waals surface area contributed by atoms with Crippen molar-refractivity contribution in [3.8, 4) is 17.2 Å². The van der Waals surface area contributed by atoms with Gasteiger partial charge in [0.05, 0.1) is 29.7 Å². The van der Waals surface area contributed by atoms with Crippen LogP contribution >= 0.6 is 35.6 Å². The lowest BCUT2D eigenvalue weighted by Crippen LogP contribution is -2.27. The first-order valence-corrected chi connectivity index (χ1v) is 13.5. The fourth-order valence-electron chi connectivity index (χ4n) is 3.55. The normalized spacial score (nSPS) is 15.6. The maximum absolute atomic E-state index is 12.5. The van der Waals surface area contributed by atoms with E-state index in [0.29, 0.717) is 64.5 Å². The minimum absolute atomic E-state index is 0.0913. The highest BCUT2D eigenvalue weighted by Gasteiger charge is 2.30. The van der Waals surface area contributed by atoms with Gasteiger partial charge in [0.25, 0.3) is 5.91 Å². The van der Waals surface area contributed by atoms with E-state index in [-0.39, 0.29) is 5.91 Å². The summed E-state index contributed by atoms with van der Waals surface area (Å²) in [7, 11) is 0. The van der Waals surface area contributed by atoms with Crippen molar-refractivity contribution in [3.63, 3.8) is 0 Å². The van der Waals surface area contributed by atoms with Gasteiger partial charge in [-0.15, -0.1) is 0 Å². The summed E-state index contributed by atoms with van der Waals surface area (Å²) in [6.07, 6.45) is 3.59. The molecule has 1 heterocycles. The first-order chi connectivity index (χ1) is 16.9. The number of halogens is 1. The quantitative estimate of drug-likeness (QED) is 0.162. The van der Waals surface area contributed by atoms with Crippen molar-refractivity contribution in [2.24, 2.45) is 0 Å². The van der Waals surface area contributed by atoms with Gasteiger partial charge < -0.3 is 14.2 Å². The molecule has 8 heteroatoms. The molecule has 0 N–H and O–H groups in total. The van der Waals surface area contributed by atoms with Crippen molar-refractivity contribution in [2.75, 3.05) is 26.4 Å². The summed E-state index contributed by atoms with van der Waals surface area (Å²) in [5.41, 5.74) is 2.08. The molecule has 1 saturated heterocycles. The van der Waals surface area contributed by atoms with E-state index in [2.05, 4.69) is 26.0 Å². The fraction of sp³-hybridized carbons (Fsp3) is 0.407. The van der Waals surface area contributed by atoms with Crippen molar-refractivity contribution in [2.45, 2.75) is 46.5 Å². The molecule has 188 valence electrons. The Hall–Kier alpha value is -2.22. The molecule has 3 rings (SSSR count). The first-order valence-electron chi connectivity index (χ1n) is 11.9. The van der Waals surface area contributed by atoms with Gasteiger partial charge in [-0.2, -0.15) is 0 Å². The van der Waals surface area contributed by atoms with Gasteiger partial charge >= 0.3 is 0 Å². The van der Waals surface area contributed by atoms with Crippen LogP contribution in [0.2, 0.25) is 5.02 Å². The zero-order valence-corrected chi connectivity index (χ0v) is 23.0. The number of carbonyl (C=O) groups is 1. The van der Waals surface area contributed by atoms with Crippen LogP contribution < -0.4 is 14.2 Å². The molecule has 2 aromatic carbocycles. The average Bonchev–Trinajstić information content (AvgIpc) is 3.12. The van der Waals surface area contributed by atoms with Crippen LogP contribution in [0.5, 0.6) is 17.2 Å². The summed E-state index contributed by atoms with van der Waals surface area (Å²) in [5.74, 6) is 2.34. The molecule has 0 aliphatic carbocycles. The van der Waals surface area contributed by atoms with Gasteiger partial charge in [0.2, 0.25) is 0 Å². The second-order valence-electron chi connectivity index (χ2n) is 8.12. The van der Waals surface area contributed by atoms with E-state index < -0.39 is 0 Å². The van der Waals surface area contributed by atoms with Crippen LogP contribution in [-0.4, -0.2) is 41.5 Å². The molecule has 1 atom stereocenters. The summed E-state index contributed by atoms with van der Waals surface area (Å²) in [4.78, 5) is 14.7. The maximum Gasteiger partial charge on any atom is 0.266 e. The molecule has 2 aromatic rings. The third-order valence-electron chi connectivity index (χ3n) is 5.68. The molecule has 0 spiro atoms. The molecule has 1 fully saturated rings. The molecule has 0 aromatic heterocycles. The van der Waals surface area contributed by atoms with E-state index in [0.717, 1.165) is 17.7 Å². The lowest BCUT2D eigenvalue weighted by atomic mass is 9.99. The largest absolute Gasteiger partial charge is 0.493 e. The molecule has 0 bridgehead atoms. The smallest absolute Gasteiger partial charge is 0.266 e. The Balaban J connectivity index is 1.60.